The van der Waals surface area contributed by atoms with E-state index in [1.54, 1.807) is 11.3 Å². The van der Waals surface area contributed by atoms with E-state index in [1.165, 1.54) is 4.88 Å². The molecule has 5 nitrogen and oxygen atoms in total. The fourth-order valence-electron chi connectivity index (χ4n) is 2.11. The lowest BCUT2D eigenvalue weighted by molar-refractivity contribution is 0.322. The maximum absolute atomic E-state index is 5.67. The Morgan fingerprint density at radius 1 is 1.21 bits per heavy atom. The van der Waals surface area contributed by atoms with E-state index in [4.69, 9.17) is 4.74 Å². The van der Waals surface area contributed by atoms with E-state index in [0.717, 1.165) is 41.9 Å². The van der Waals surface area contributed by atoms with Crippen molar-refractivity contribution in [3.05, 3.63) is 45.9 Å². The fourth-order valence-corrected chi connectivity index (χ4v) is 3.03. The van der Waals surface area contributed by atoms with Crippen molar-refractivity contribution in [2.24, 2.45) is 4.99 Å². The zero-order valence-corrected chi connectivity index (χ0v) is 15.4. The normalized spacial score (nSPS) is 11.4. The Balaban J connectivity index is 1.73. The molecule has 1 heterocycles. The number of nitrogens with zero attached hydrogens (tertiary/aromatic N) is 2. The van der Waals surface area contributed by atoms with Crippen molar-refractivity contribution >= 4 is 17.3 Å². The average molecular weight is 347 g/mol. The van der Waals surface area contributed by atoms with Crippen LogP contribution in [0.5, 0.6) is 5.75 Å². The van der Waals surface area contributed by atoms with Gasteiger partial charge in [0.2, 0.25) is 0 Å². The van der Waals surface area contributed by atoms with Gasteiger partial charge in [0.25, 0.3) is 0 Å². The molecule has 0 amide bonds. The molecule has 0 saturated carbocycles. The third-order valence-electron chi connectivity index (χ3n) is 3.42. The molecule has 0 bridgehead atoms. The summed E-state index contributed by atoms with van der Waals surface area (Å²) in [6.45, 7) is 9.08. The van der Waals surface area contributed by atoms with Gasteiger partial charge < -0.3 is 15.4 Å². The van der Waals surface area contributed by atoms with Crippen LogP contribution >= 0.6 is 11.3 Å². The van der Waals surface area contributed by atoms with E-state index in [0.29, 0.717) is 13.2 Å². The molecule has 0 atom stereocenters. The molecule has 0 radical (unpaired) electrons. The van der Waals surface area contributed by atoms with Crippen molar-refractivity contribution < 1.29 is 4.74 Å². The number of benzene rings is 1. The van der Waals surface area contributed by atoms with Crippen LogP contribution in [0.4, 0.5) is 0 Å². The van der Waals surface area contributed by atoms with Gasteiger partial charge in [-0.05, 0) is 32.9 Å². The Morgan fingerprint density at radius 3 is 2.67 bits per heavy atom. The van der Waals surface area contributed by atoms with Crippen LogP contribution in [-0.2, 0) is 6.42 Å². The number of para-hydroxylation sites is 1. The summed E-state index contributed by atoms with van der Waals surface area (Å²) in [7, 11) is 0. The molecule has 2 aromatic rings. The summed E-state index contributed by atoms with van der Waals surface area (Å²) < 4.78 is 5.67. The maximum Gasteiger partial charge on any atom is 0.191 e. The van der Waals surface area contributed by atoms with Gasteiger partial charge in [-0.3, -0.25) is 4.99 Å². The molecule has 0 saturated heterocycles. The van der Waals surface area contributed by atoms with Crippen LogP contribution in [0.1, 0.15) is 22.5 Å². The second-order valence-electron chi connectivity index (χ2n) is 5.35. The van der Waals surface area contributed by atoms with Crippen molar-refractivity contribution in [3.8, 4) is 5.75 Å². The molecule has 0 spiro atoms. The lowest BCUT2D eigenvalue weighted by Crippen LogP contribution is -2.39. The van der Waals surface area contributed by atoms with Gasteiger partial charge in [0.1, 0.15) is 12.4 Å². The Morgan fingerprint density at radius 2 is 2.00 bits per heavy atom. The second kappa shape index (κ2) is 9.93. The van der Waals surface area contributed by atoms with Gasteiger partial charge in [-0.1, -0.05) is 18.2 Å². The molecule has 0 aliphatic heterocycles. The molecule has 0 fully saturated rings. The minimum atomic E-state index is 0.597. The number of rotatable bonds is 8. The monoisotopic (exact) mass is 346 g/mol. The lowest BCUT2D eigenvalue weighted by atomic mass is 10.3. The Labute approximate surface area is 148 Å². The molecule has 0 unspecified atom stereocenters. The van der Waals surface area contributed by atoms with Crippen LogP contribution in [0.2, 0.25) is 0 Å². The summed E-state index contributed by atoms with van der Waals surface area (Å²) in [4.78, 5) is 10.4. The highest BCUT2D eigenvalue weighted by molar-refractivity contribution is 7.11. The van der Waals surface area contributed by atoms with E-state index < -0.39 is 0 Å². The third-order valence-corrected chi connectivity index (χ3v) is 4.55. The van der Waals surface area contributed by atoms with Crippen LogP contribution in [0.15, 0.2) is 35.3 Å². The van der Waals surface area contributed by atoms with E-state index in [-0.39, 0.29) is 0 Å². The van der Waals surface area contributed by atoms with Crippen LogP contribution < -0.4 is 15.4 Å². The van der Waals surface area contributed by atoms with Gasteiger partial charge in [-0.2, -0.15) is 0 Å². The van der Waals surface area contributed by atoms with Crippen LogP contribution in [-0.4, -0.2) is 37.2 Å². The largest absolute Gasteiger partial charge is 0.492 e. The summed E-state index contributed by atoms with van der Waals surface area (Å²) in [5.41, 5.74) is 1.13. The first-order valence-corrected chi connectivity index (χ1v) is 9.13. The SMILES string of the molecule is CCNC(=NCCc1nc(C)c(C)s1)NCCOc1ccccc1. The number of aliphatic imine (C=N–C) groups is 1. The molecule has 0 aliphatic rings. The van der Waals surface area contributed by atoms with Gasteiger partial charge >= 0.3 is 0 Å². The number of thiazole rings is 1. The average Bonchev–Trinajstić information content (AvgIpc) is 2.90. The van der Waals surface area contributed by atoms with Gasteiger partial charge in [-0.15, -0.1) is 11.3 Å². The number of aryl methyl sites for hydroxylation is 2. The zero-order valence-electron chi connectivity index (χ0n) is 14.6. The molecule has 0 aliphatic carbocycles. The van der Waals surface area contributed by atoms with Crippen molar-refractivity contribution in [2.45, 2.75) is 27.2 Å². The highest BCUT2D eigenvalue weighted by atomic mass is 32.1. The predicted octanol–water partition coefficient (Wildman–Crippen LogP) is 2.94. The van der Waals surface area contributed by atoms with E-state index in [2.05, 4.69) is 41.4 Å². The zero-order chi connectivity index (χ0) is 17.2. The second-order valence-corrected chi connectivity index (χ2v) is 6.64. The summed E-state index contributed by atoms with van der Waals surface area (Å²) >= 11 is 1.76. The first-order chi connectivity index (χ1) is 11.7. The Kier molecular flexibility index (Phi) is 7.55. The summed E-state index contributed by atoms with van der Waals surface area (Å²) in [6, 6.07) is 9.83. The van der Waals surface area contributed by atoms with Gasteiger partial charge in [0.15, 0.2) is 5.96 Å². The first-order valence-electron chi connectivity index (χ1n) is 8.32. The van der Waals surface area contributed by atoms with Crippen molar-refractivity contribution in [3.63, 3.8) is 0 Å². The first kappa shape index (κ1) is 18.3. The van der Waals surface area contributed by atoms with Gasteiger partial charge in [0, 0.05) is 24.4 Å². The summed E-state index contributed by atoms with van der Waals surface area (Å²) in [5.74, 6) is 1.70. The predicted molar refractivity (Wildman–Crippen MR) is 101 cm³/mol. The number of hydrogen-bond donors (Lipinski definition) is 2. The summed E-state index contributed by atoms with van der Waals surface area (Å²) in [6.07, 6.45) is 0.871. The molecule has 1 aromatic heterocycles. The quantitative estimate of drug-likeness (QED) is 0.438. The van der Waals surface area contributed by atoms with Crippen molar-refractivity contribution in [1.29, 1.82) is 0 Å². The third kappa shape index (κ3) is 6.20. The molecule has 6 heteroatoms. The number of guanidine groups is 1. The number of hydrogen-bond acceptors (Lipinski definition) is 4. The van der Waals surface area contributed by atoms with Crippen LogP contribution in [0.3, 0.4) is 0 Å². The van der Waals surface area contributed by atoms with Crippen LogP contribution in [0, 0.1) is 13.8 Å². The fraction of sp³-hybridized carbons (Fsp3) is 0.444. The Hall–Kier alpha value is -2.08. The standard InChI is InChI=1S/C18H26N4OS/c1-4-19-18(20-11-10-17-22-14(2)15(3)24-17)21-12-13-23-16-8-6-5-7-9-16/h5-9H,4,10-13H2,1-3H3,(H2,19,20,21). The molecular weight excluding hydrogens is 320 g/mol. The van der Waals surface area contributed by atoms with Gasteiger partial charge in [0.05, 0.1) is 17.2 Å². The topological polar surface area (TPSA) is 58.5 Å². The number of aromatic nitrogens is 1. The van der Waals surface area contributed by atoms with Gasteiger partial charge in [-0.25, -0.2) is 4.98 Å². The molecule has 24 heavy (non-hydrogen) atoms. The van der Waals surface area contributed by atoms with Crippen molar-refractivity contribution in [1.82, 2.24) is 15.6 Å². The molecule has 130 valence electrons. The lowest BCUT2D eigenvalue weighted by Gasteiger charge is -2.12. The van der Waals surface area contributed by atoms with E-state index in [1.807, 2.05) is 30.3 Å². The highest BCUT2D eigenvalue weighted by Crippen LogP contribution is 2.16. The molecule has 2 N–H and O–H groups in total. The van der Waals surface area contributed by atoms with Crippen molar-refractivity contribution in [2.75, 3.05) is 26.2 Å². The number of nitrogens with one attached hydrogen (secondary N) is 2. The highest BCUT2D eigenvalue weighted by Gasteiger charge is 2.03. The van der Waals surface area contributed by atoms with Crippen LogP contribution in [0.25, 0.3) is 0 Å². The molecule has 1 aromatic carbocycles. The molecule has 2 rings (SSSR count). The summed E-state index contributed by atoms with van der Waals surface area (Å²) in [5, 5.41) is 7.69. The van der Waals surface area contributed by atoms with E-state index in [9.17, 15) is 0 Å². The minimum Gasteiger partial charge on any atom is -0.492 e. The Bertz CT molecular complexity index is 620. The smallest absolute Gasteiger partial charge is 0.191 e. The minimum absolute atomic E-state index is 0.597. The van der Waals surface area contributed by atoms with E-state index >= 15 is 0 Å². The maximum atomic E-state index is 5.67. The number of ether oxygens (including phenoxy) is 1. The molecular formula is C18H26N4OS.